The zero-order chi connectivity index (χ0) is 14.8. The summed E-state index contributed by atoms with van der Waals surface area (Å²) in [7, 11) is -2.01. The van der Waals surface area contributed by atoms with E-state index in [9.17, 15) is 13.2 Å². The third-order valence-corrected chi connectivity index (χ3v) is 6.01. The molecule has 0 saturated carbocycles. The summed E-state index contributed by atoms with van der Waals surface area (Å²) in [6.45, 7) is 6.27. The Labute approximate surface area is 115 Å². The van der Waals surface area contributed by atoms with Gasteiger partial charge in [-0.2, -0.15) is 17.0 Å². The summed E-state index contributed by atoms with van der Waals surface area (Å²) in [6.07, 6.45) is 1.14. The Bertz CT molecular complexity index is 421. The van der Waals surface area contributed by atoms with Crippen molar-refractivity contribution in [2.75, 3.05) is 20.1 Å². The Balaban J connectivity index is 2.85. The lowest BCUT2D eigenvalue weighted by molar-refractivity contribution is -0.142. The molecule has 0 amide bonds. The zero-order valence-electron chi connectivity index (χ0n) is 12.0. The van der Waals surface area contributed by atoms with Crippen molar-refractivity contribution >= 4 is 16.2 Å². The number of nitrogens with zero attached hydrogens (tertiary/aromatic N) is 2. The fourth-order valence-electron chi connectivity index (χ4n) is 2.17. The van der Waals surface area contributed by atoms with Crippen LogP contribution in [0.1, 0.15) is 33.6 Å². The number of aliphatic carboxylic acids is 1. The van der Waals surface area contributed by atoms with Crippen LogP contribution in [0.2, 0.25) is 0 Å². The fraction of sp³-hybridized carbons (Fsp3) is 0.917. The molecule has 0 aromatic rings. The van der Waals surface area contributed by atoms with Crippen molar-refractivity contribution in [3.05, 3.63) is 0 Å². The van der Waals surface area contributed by atoms with Gasteiger partial charge in [-0.15, -0.1) is 0 Å². The van der Waals surface area contributed by atoms with Gasteiger partial charge in [0.25, 0.3) is 10.2 Å². The molecular weight excluding hydrogens is 268 g/mol. The van der Waals surface area contributed by atoms with Gasteiger partial charge >= 0.3 is 5.97 Å². The highest BCUT2D eigenvalue weighted by molar-refractivity contribution is 7.86. The van der Waals surface area contributed by atoms with Crippen LogP contribution in [0.3, 0.4) is 0 Å². The first-order chi connectivity index (χ1) is 8.67. The van der Waals surface area contributed by atoms with Gasteiger partial charge in [-0.3, -0.25) is 4.79 Å². The van der Waals surface area contributed by atoms with E-state index < -0.39 is 22.1 Å². The van der Waals surface area contributed by atoms with Crippen molar-refractivity contribution in [1.82, 2.24) is 8.61 Å². The molecule has 0 aromatic heterocycles. The second-order valence-electron chi connectivity index (χ2n) is 5.54. The van der Waals surface area contributed by atoms with E-state index in [-0.39, 0.29) is 18.5 Å². The minimum Gasteiger partial charge on any atom is -0.481 e. The maximum absolute atomic E-state index is 12.5. The Morgan fingerprint density at radius 1 is 1.37 bits per heavy atom. The zero-order valence-corrected chi connectivity index (χ0v) is 12.9. The number of piperidine rings is 1. The summed E-state index contributed by atoms with van der Waals surface area (Å²) in [5, 5.41) is 9.02. The normalized spacial score (nSPS) is 23.8. The Morgan fingerprint density at radius 3 is 2.42 bits per heavy atom. The van der Waals surface area contributed by atoms with Crippen molar-refractivity contribution < 1.29 is 18.3 Å². The molecule has 1 rings (SSSR count). The maximum Gasteiger partial charge on any atom is 0.307 e. The second-order valence-corrected chi connectivity index (χ2v) is 7.53. The molecule has 1 N–H and O–H groups in total. The van der Waals surface area contributed by atoms with E-state index >= 15 is 0 Å². The molecule has 2 unspecified atom stereocenters. The number of carboxylic acids is 1. The Kier molecular flexibility index (Phi) is 5.34. The molecular formula is C12H24N2O4S. The predicted octanol–water partition coefficient (Wildman–Crippen LogP) is 1.00. The van der Waals surface area contributed by atoms with Gasteiger partial charge in [-0.25, -0.2) is 0 Å². The highest BCUT2D eigenvalue weighted by atomic mass is 32.2. The van der Waals surface area contributed by atoms with Gasteiger partial charge in [-0.05, 0) is 25.7 Å². The van der Waals surface area contributed by atoms with E-state index in [1.165, 1.54) is 8.61 Å². The van der Waals surface area contributed by atoms with Crippen LogP contribution in [0, 0.1) is 11.8 Å². The van der Waals surface area contributed by atoms with E-state index in [1.54, 1.807) is 7.05 Å². The summed E-state index contributed by atoms with van der Waals surface area (Å²) in [5.74, 6) is -1.30. The molecule has 0 aromatic carbocycles. The number of hydrogen-bond acceptors (Lipinski definition) is 3. The third-order valence-electron chi connectivity index (χ3n) is 3.96. The quantitative estimate of drug-likeness (QED) is 0.820. The molecule has 0 bridgehead atoms. The van der Waals surface area contributed by atoms with Gasteiger partial charge in [0.05, 0.1) is 5.92 Å². The van der Waals surface area contributed by atoms with E-state index in [2.05, 4.69) is 0 Å². The lowest BCUT2D eigenvalue weighted by Crippen LogP contribution is -2.51. The fourth-order valence-corrected chi connectivity index (χ4v) is 3.92. The predicted molar refractivity (Wildman–Crippen MR) is 72.9 cm³/mol. The minimum atomic E-state index is -3.57. The van der Waals surface area contributed by atoms with Crippen molar-refractivity contribution in [2.45, 2.75) is 39.7 Å². The first-order valence-electron chi connectivity index (χ1n) is 6.63. The van der Waals surface area contributed by atoms with Crippen molar-refractivity contribution in [3.8, 4) is 0 Å². The summed E-state index contributed by atoms with van der Waals surface area (Å²) in [5.41, 5.74) is 0. The van der Waals surface area contributed by atoms with Crippen LogP contribution >= 0.6 is 0 Å². The monoisotopic (exact) mass is 292 g/mol. The molecule has 0 spiro atoms. The standard InChI is InChI=1S/C12H24N2O4S/c1-9(2)10(3)13(4)19(17,18)14-7-5-6-11(8-14)12(15)16/h9-11H,5-8H2,1-4H3,(H,15,16). The van der Waals surface area contributed by atoms with Crippen LogP contribution < -0.4 is 0 Å². The van der Waals surface area contributed by atoms with Crippen molar-refractivity contribution in [2.24, 2.45) is 11.8 Å². The molecule has 1 heterocycles. The Morgan fingerprint density at radius 2 is 1.95 bits per heavy atom. The average molecular weight is 292 g/mol. The lowest BCUT2D eigenvalue weighted by atomic mass is 10.0. The lowest BCUT2D eigenvalue weighted by Gasteiger charge is -2.36. The first-order valence-corrected chi connectivity index (χ1v) is 8.03. The van der Waals surface area contributed by atoms with Crippen LogP contribution in [-0.4, -0.2) is 54.3 Å². The number of carboxylic acid groups (broad SMARTS) is 1. The van der Waals surface area contributed by atoms with Crippen LogP contribution in [-0.2, 0) is 15.0 Å². The molecule has 2 atom stereocenters. The van der Waals surface area contributed by atoms with Gasteiger partial charge in [0.2, 0.25) is 0 Å². The number of hydrogen-bond donors (Lipinski definition) is 1. The summed E-state index contributed by atoms with van der Waals surface area (Å²) in [4.78, 5) is 11.0. The molecule has 19 heavy (non-hydrogen) atoms. The third kappa shape index (κ3) is 3.67. The molecule has 1 aliphatic rings. The van der Waals surface area contributed by atoms with E-state index in [0.29, 0.717) is 19.4 Å². The second kappa shape index (κ2) is 6.19. The molecule has 1 saturated heterocycles. The summed E-state index contributed by atoms with van der Waals surface area (Å²) < 4.78 is 27.6. The van der Waals surface area contributed by atoms with E-state index in [1.807, 2.05) is 20.8 Å². The van der Waals surface area contributed by atoms with Gasteiger partial charge in [0.15, 0.2) is 0 Å². The summed E-state index contributed by atoms with van der Waals surface area (Å²) >= 11 is 0. The van der Waals surface area contributed by atoms with Gasteiger partial charge in [-0.1, -0.05) is 13.8 Å². The number of carbonyl (C=O) groups is 1. The molecule has 0 aliphatic carbocycles. The molecule has 112 valence electrons. The van der Waals surface area contributed by atoms with Crippen molar-refractivity contribution in [1.29, 1.82) is 0 Å². The highest BCUT2D eigenvalue weighted by Gasteiger charge is 2.36. The first kappa shape index (κ1) is 16.4. The van der Waals surface area contributed by atoms with Crippen LogP contribution in [0.15, 0.2) is 0 Å². The van der Waals surface area contributed by atoms with Crippen molar-refractivity contribution in [3.63, 3.8) is 0 Å². The Hall–Kier alpha value is -0.660. The molecule has 1 aliphatic heterocycles. The largest absolute Gasteiger partial charge is 0.481 e. The maximum atomic E-state index is 12.5. The molecule has 6 nitrogen and oxygen atoms in total. The average Bonchev–Trinajstić information content (AvgIpc) is 2.36. The van der Waals surface area contributed by atoms with E-state index in [0.717, 1.165) is 0 Å². The molecule has 0 radical (unpaired) electrons. The molecule has 7 heteroatoms. The summed E-state index contributed by atoms with van der Waals surface area (Å²) in [6, 6.07) is -0.116. The van der Waals surface area contributed by atoms with E-state index in [4.69, 9.17) is 5.11 Å². The van der Waals surface area contributed by atoms with Crippen LogP contribution in [0.4, 0.5) is 0 Å². The minimum absolute atomic E-state index is 0.0762. The van der Waals surface area contributed by atoms with Gasteiger partial charge < -0.3 is 5.11 Å². The topological polar surface area (TPSA) is 77.9 Å². The highest BCUT2D eigenvalue weighted by Crippen LogP contribution is 2.23. The van der Waals surface area contributed by atoms with Gasteiger partial charge in [0.1, 0.15) is 0 Å². The smallest absolute Gasteiger partial charge is 0.307 e. The van der Waals surface area contributed by atoms with Crippen LogP contribution in [0.25, 0.3) is 0 Å². The SMILES string of the molecule is CC(C)C(C)N(C)S(=O)(=O)N1CCCC(C(=O)O)C1. The molecule has 1 fully saturated rings. The van der Waals surface area contributed by atoms with Gasteiger partial charge in [0, 0.05) is 26.2 Å². The number of rotatable bonds is 5. The van der Waals surface area contributed by atoms with Crippen LogP contribution in [0.5, 0.6) is 0 Å².